The standard InChI is InChI=1S/C14H10ClN5/c1-8-4-5-18-13-12(8)19-14(17)20(13)11-6-9(7-16)2-3-10(11)15/h2-6H,1H3,(H2,17,19). The van der Waals surface area contributed by atoms with Gasteiger partial charge in [-0.15, -0.1) is 0 Å². The van der Waals surface area contributed by atoms with E-state index >= 15 is 0 Å². The summed E-state index contributed by atoms with van der Waals surface area (Å²) < 4.78 is 1.66. The molecular formula is C14H10ClN5. The van der Waals surface area contributed by atoms with Crippen LogP contribution in [0.15, 0.2) is 30.5 Å². The number of nitrogen functional groups attached to an aromatic ring is 1. The molecule has 98 valence electrons. The summed E-state index contributed by atoms with van der Waals surface area (Å²) in [6, 6.07) is 8.94. The number of nitrogens with two attached hydrogens (primary N) is 1. The minimum absolute atomic E-state index is 0.291. The van der Waals surface area contributed by atoms with Gasteiger partial charge < -0.3 is 5.73 Å². The third-order valence-corrected chi connectivity index (χ3v) is 3.41. The van der Waals surface area contributed by atoms with Crippen molar-refractivity contribution in [2.24, 2.45) is 0 Å². The number of nitrogens with zero attached hydrogens (tertiary/aromatic N) is 4. The fraction of sp³-hybridized carbons (Fsp3) is 0.0714. The lowest BCUT2D eigenvalue weighted by Crippen LogP contribution is -2.02. The molecule has 2 N–H and O–H groups in total. The summed E-state index contributed by atoms with van der Waals surface area (Å²) in [4.78, 5) is 8.64. The average Bonchev–Trinajstić information content (AvgIpc) is 2.77. The highest BCUT2D eigenvalue weighted by molar-refractivity contribution is 6.32. The second kappa shape index (κ2) is 4.51. The van der Waals surface area contributed by atoms with E-state index in [1.807, 2.05) is 13.0 Å². The first-order valence-corrected chi connectivity index (χ1v) is 6.29. The number of rotatable bonds is 1. The number of halogens is 1. The highest BCUT2D eigenvalue weighted by Gasteiger charge is 2.15. The average molecular weight is 284 g/mol. The summed E-state index contributed by atoms with van der Waals surface area (Å²) in [5.74, 6) is 0.291. The highest BCUT2D eigenvalue weighted by Crippen LogP contribution is 2.28. The van der Waals surface area contributed by atoms with Crippen LogP contribution in [0.5, 0.6) is 0 Å². The molecule has 3 rings (SSSR count). The molecule has 0 aliphatic rings. The Morgan fingerprint density at radius 2 is 2.15 bits per heavy atom. The van der Waals surface area contributed by atoms with Crippen LogP contribution >= 0.6 is 11.6 Å². The summed E-state index contributed by atoms with van der Waals surface area (Å²) in [7, 11) is 0. The maximum atomic E-state index is 9.01. The van der Waals surface area contributed by atoms with Crippen molar-refractivity contribution in [3.63, 3.8) is 0 Å². The SMILES string of the molecule is Cc1ccnc2c1nc(N)n2-c1cc(C#N)ccc1Cl. The number of fused-ring (bicyclic) bond motifs is 1. The van der Waals surface area contributed by atoms with Crippen LogP contribution in [0.4, 0.5) is 5.95 Å². The van der Waals surface area contributed by atoms with Gasteiger partial charge >= 0.3 is 0 Å². The topological polar surface area (TPSA) is 80.5 Å². The van der Waals surface area contributed by atoms with Gasteiger partial charge in [-0.2, -0.15) is 5.26 Å². The number of imidazole rings is 1. The van der Waals surface area contributed by atoms with Gasteiger partial charge in [0.25, 0.3) is 0 Å². The zero-order valence-electron chi connectivity index (χ0n) is 10.6. The second-order valence-electron chi connectivity index (χ2n) is 4.38. The van der Waals surface area contributed by atoms with Gasteiger partial charge in [-0.25, -0.2) is 9.97 Å². The molecule has 0 atom stereocenters. The molecule has 0 aliphatic carbocycles. The Morgan fingerprint density at radius 3 is 2.90 bits per heavy atom. The van der Waals surface area contributed by atoms with Crippen LogP contribution in [0.3, 0.4) is 0 Å². The fourth-order valence-electron chi connectivity index (χ4n) is 2.10. The van der Waals surface area contributed by atoms with Crippen LogP contribution in [0.25, 0.3) is 16.9 Å². The summed E-state index contributed by atoms with van der Waals surface area (Å²) in [5.41, 5.74) is 9.41. The van der Waals surface area contributed by atoms with Crippen LogP contribution in [0.2, 0.25) is 5.02 Å². The molecule has 0 spiro atoms. The van der Waals surface area contributed by atoms with Gasteiger partial charge in [-0.3, -0.25) is 4.57 Å². The van der Waals surface area contributed by atoms with Gasteiger partial charge in [-0.1, -0.05) is 11.6 Å². The largest absolute Gasteiger partial charge is 0.369 e. The molecule has 0 amide bonds. The van der Waals surface area contributed by atoms with Gasteiger partial charge in [0.2, 0.25) is 5.95 Å². The number of nitriles is 1. The number of hydrogen-bond acceptors (Lipinski definition) is 4. The molecule has 5 nitrogen and oxygen atoms in total. The maximum absolute atomic E-state index is 9.01. The highest BCUT2D eigenvalue weighted by atomic mass is 35.5. The Labute approximate surface area is 120 Å². The Hall–Kier alpha value is -2.58. The molecule has 0 saturated carbocycles. The summed E-state index contributed by atoms with van der Waals surface area (Å²) in [6.07, 6.45) is 1.69. The third-order valence-electron chi connectivity index (χ3n) is 3.09. The Kier molecular flexibility index (Phi) is 2.81. The van der Waals surface area contributed by atoms with E-state index in [-0.39, 0.29) is 0 Å². The van der Waals surface area contributed by atoms with Crippen LogP contribution in [-0.4, -0.2) is 14.5 Å². The number of aromatic nitrogens is 3. The Bertz CT molecular complexity index is 860. The van der Waals surface area contributed by atoms with E-state index in [0.717, 1.165) is 11.1 Å². The normalized spacial score (nSPS) is 10.7. The molecule has 6 heteroatoms. The molecule has 2 aromatic heterocycles. The van der Waals surface area contributed by atoms with E-state index < -0.39 is 0 Å². The first-order valence-electron chi connectivity index (χ1n) is 5.91. The van der Waals surface area contributed by atoms with Gasteiger partial charge in [0.05, 0.1) is 22.3 Å². The monoisotopic (exact) mass is 283 g/mol. The van der Waals surface area contributed by atoms with Crippen LogP contribution < -0.4 is 5.73 Å². The summed E-state index contributed by atoms with van der Waals surface area (Å²) >= 11 is 6.22. The zero-order chi connectivity index (χ0) is 14.3. The first-order chi connectivity index (χ1) is 9.61. The smallest absolute Gasteiger partial charge is 0.207 e. The van der Waals surface area contributed by atoms with Crippen molar-refractivity contribution >= 4 is 28.7 Å². The van der Waals surface area contributed by atoms with E-state index in [2.05, 4.69) is 16.0 Å². The molecule has 0 fully saturated rings. The van der Waals surface area contributed by atoms with Crippen molar-refractivity contribution in [3.05, 3.63) is 46.6 Å². The van der Waals surface area contributed by atoms with Crippen molar-refractivity contribution in [1.29, 1.82) is 5.26 Å². The molecule has 3 aromatic rings. The summed E-state index contributed by atoms with van der Waals surface area (Å²) in [5, 5.41) is 9.50. The molecule has 0 saturated heterocycles. The van der Waals surface area contributed by atoms with E-state index in [0.29, 0.717) is 27.9 Å². The second-order valence-corrected chi connectivity index (χ2v) is 4.79. The van der Waals surface area contributed by atoms with E-state index in [4.69, 9.17) is 22.6 Å². The number of anilines is 1. The van der Waals surface area contributed by atoms with Crippen molar-refractivity contribution in [1.82, 2.24) is 14.5 Å². The predicted molar refractivity (Wildman–Crippen MR) is 77.7 cm³/mol. The summed E-state index contributed by atoms with van der Waals surface area (Å²) in [6.45, 7) is 1.94. The number of aryl methyl sites for hydroxylation is 1. The zero-order valence-corrected chi connectivity index (χ0v) is 11.4. The number of benzene rings is 1. The first kappa shape index (κ1) is 12.5. The van der Waals surface area contributed by atoms with Gasteiger partial charge in [0, 0.05) is 6.20 Å². The third kappa shape index (κ3) is 1.78. The molecule has 1 aromatic carbocycles. The van der Waals surface area contributed by atoms with Gasteiger partial charge in [-0.05, 0) is 36.8 Å². The van der Waals surface area contributed by atoms with Crippen molar-refractivity contribution in [3.8, 4) is 11.8 Å². The van der Waals surface area contributed by atoms with Gasteiger partial charge in [0.1, 0.15) is 5.52 Å². The lowest BCUT2D eigenvalue weighted by Gasteiger charge is -2.08. The Morgan fingerprint density at radius 1 is 1.35 bits per heavy atom. The molecular weight excluding hydrogens is 274 g/mol. The van der Waals surface area contributed by atoms with E-state index in [1.165, 1.54) is 0 Å². The van der Waals surface area contributed by atoms with Crippen molar-refractivity contribution in [2.45, 2.75) is 6.92 Å². The minimum Gasteiger partial charge on any atom is -0.369 e. The quantitative estimate of drug-likeness (QED) is 0.744. The van der Waals surface area contributed by atoms with E-state index in [9.17, 15) is 0 Å². The van der Waals surface area contributed by atoms with Crippen molar-refractivity contribution < 1.29 is 0 Å². The molecule has 20 heavy (non-hydrogen) atoms. The molecule has 0 radical (unpaired) electrons. The van der Waals surface area contributed by atoms with Crippen LogP contribution in [0.1, 0.15) is 11.1 Å². The lowest BCUT2D eigenvalue weighted by molar-refractivity contribution is 1.08. The van der Waals surface area contributed by atoms with Crippen LogP contribution in [0, 0.1) is 18.3 Å². The molecule has 0 bridgehead atoms. The fourth-order valence-corrected chi connectivity index (χ4v) is 2.30. The molecule has 0 aliphatic heterocycles. The molecule has 2 heterocycles. The maximum Gasteiger partial charge on any atom is 0.207 e. The van der Waals surface area contributed by atoms with Gasteiger partial charge in [0.15, 0.2) is 5.65 Å². The number of pyridine rings is 1. The van der Waals surface area contributed by atoms with E-state index in [1.54, 1.807) is 29.0 Å². The van der Waals surface area contributed by atoms with Crippen LogP contribution in [-0.2, 0) is 0 Å². The Balaban J connectivity index is 2.38. The van der Waals surface area contributed by atoms with Crippen molar-refractivity contribution in [2.75, 3.05) is 5.73 Å². The lowest BCUT2D eigenvalue weighted by atomic mass is 10.2. The minimum atomic E-state index is 0.291. The number of hydrogen-bond donors (Lipinski definition) is 1. The molecule has 0 unspecified atom stereocenters. The predicted octanol–water partition coefficient (Wildman–Crippen LogP) is 2.84.